The Labute approximate surface area is 112 Å². The van der Waals surface area contributed by atoms with E-state index in [2.05, 4.69) is 10.4 Å². The summed E-state index contributed by atoms with van der Waals surface area (Å²) >= 11 is 0. The molecule has 1 aromatic rings. The zero-order valence-electron chi connectivity index (χ0n) is 12.0. The van der Waals surface area contributed by atoms with Crippen molar-refractivity contribution in [2.24, 2.45) is 13.0 Å². The molecule has 0 bridgehead atoms. The molecule has 1 N–H and O–H groups in total. The lowest BCUT2D eigenvalue weighted by molar-refractivity contribution is -0.134. The fraction of sp³-hybridized carbons (Fsp3) is 0.615. The largest absolute Gasteiger partial charge is 0.342 e. The Balaban J connectivity index is 2.43. The summed E-state index contributed by atoms with van der Waals surface area (Å²) in [7, 11) is 1.80. The van der Waals surface area contributed by atoms with Gasteiger partial charge in [-0.05, 0) is 19.8 Å². The van der Waals surface area contributed by atoms with Crippen LogP contribution in [-0.2, 0) is 16.6 Å². The smallest absolute Gasteiger partial charge is 0.250 e. The van der Waals surface area contributed by atoms with Gasteiger partial charge in [0.1, 0.15) is 12.1 Å². The number of piperazine rings is 1. The summed E-state index contributed by atoms with van der Waals surface area (Å²) in [6, 6.07) is -0.978. The maximum absolute atomic E-state index is 12.6. The van der Waals surface area contributed by atoms with E-state index >= 15 is 0 Å². The second-order valence-electron chi connectivity index (χ2n) is 5.39. The van der Waals surface area contributed by atoms with Crippen LogP contribution >= 0.6 is 0 Å². The summed E-state index contributed by atoms with van der Waals surface area (Å²) in [5, 5.41) is 7.03. The molecule has 1 aromatic heterocycles. The van der Waals surface area contributed by atoms with Crippen molar-refractivity contribution in [2.45, 2.75) is 39.8 Å². The minimum atomic E-state index is -0.509. The van der Waals surface area contributed by atoms with Crippen molar-refractivity contribution in [2.75, 3.05) is 4.90 Å². The highest BCUT2D eigenvalue weighted by atomic mass is 16.2. The predicted molar refractivity (Wildman–Crippen MR) is 71.7 cm³/mol. The van der Waals surface area contributed by atoms with Crippen molar-refractivity contribution in [3.8, 4) is 0 Å². The molecule has 6 nitrogen and oxygen atoms in total. The lowest BCUT2D eigenvalue weighted by Gasteiger charge is -2.38. The van der Waals surface area contributed by atoms with Crippen LogP contribution in [0.15, 0.2) is 6.20 Å². The molecule has 2 atom stereocenters. The first-order chi connectivity index (χ1) is 8.82. The number of aromatic nitrogens is 2. The van der Waals surface area contributed by atoms with E-state index in [0.717, 1.165) is 5.69 Å². The average Bonchev–Trinajstić information content (AvgIpc) is 2.63. The second-order valence-corrected chi connectivity index (χ2v) is 5.39. The van der Waals surface area contributed by atoms with Gasteiger partial charge in [0.2, 0.25) is 5.91 Å². The van der Waals surface area contributed by atoms with Crippen LogP contribution in [0.4, 0.5) is 5.69 Å². The number of nitrogens with zero attached hydrogens (tertiary/aromatic N) is 3. The van der Waals surface area contributed by atoms with Crippen LogP contribution in [0, 0.1) is 12.8 Å². The van der Waals surface area contributed by atoms with Crippen LogP contribution in [-0.4, -0.2) is 33.7 Å². The number of nitrogens with one attached hydrogen (secondary N) is 1. The number of amides is 2. The Kier molecular flexibility index (Phi) is 3.34. The van der Waals surface area contributed by atoms with Gasteiger partial charge in [-0.2, -0.15) is 5.10 Å². The monoisotopic (exact) mass is 264 g/mol. The Morgan fingerprint density at radius 2 is 2.00 bits per heavy atom. The van der Waals surface area contributed by atoms with E-state index in [9.17, 15) is 9.59 Å². The minimum absolute atomic E-state index is 0.0587. The number of anilines is 1. The van der Waals surface area contributed by atoms with Crippen LogP contribution in [0.3, 0.4) is 0 Å². The number of carbonyl (C=O) groups excluding carboxylic acids is 2. The lowest BCUT2D eigenvalue weighted by atomic mass is 9.98. The van der Waals surface area contributed by atoms with Crippen molar-refractivity contribution in [3.63, 3.8) is 0 Å². The highest BCUT2D eigenvalue weighted by Gasteiger charge is 2.41. The molecule has 104 valence electrons. The Morgan fingerprint density at radius 1 is 1.37 bits per heavy atom. The molecule has 2 unspecified atom stereocenters. The van der Waals surface area contributed by atoms with Gasteiger partial charge in [0.05, 0.1) is 11.4 Å². The van der Waals surface area contributed by atoms with Gasteiger partial charge in [0.15, 0.2) is 0 Å². The number of aryl methyl sites for hydroxylation is 2. The fourth-order valence-electron chi connectivity index (χ4n) is 2.40. The highest BCUT2D eigenvalue weighted by Crippen LogP contribution is 2.25. The molecule has 2 heterocycles. The average molecular weight is 264 g/mol. The van der Waals surface area contributed by atoms with Crippen LogP contribution in [0.2, 0.25) is 0 Å². The van der Waals surface area contributed by atoms with E-state index in [4.69, 9.17) is 0 Å². The first kappa shape index (κ1) is 13.6. The van der Waals surface area contributed by atoms with Crippen molar-refractivity contribution >= 4 is 17.5 Å². The van der Waals surface area contributed by atoms with Crippen LogP contribution in [0.5, 0.6) is 0 Å². The van der Waals surface area contributed by atoms with Gasteiger partial charge in [0.25, 0.3) is 5.91 Å². The van der Waals surface area contributed by atoms with Crippen molar-refractivity contribution in [3.05, 3.63) is 11.9 Å². The quantitative estimate of drug-likeness (QED) is 0.850. The summed E-state index contributed by atoms with van der Waals surface area (Å²) in [4.78, 5) is 26.1. The summed E-state index contributed by atoms with van der Waals surface area (Å²) < 4.78 is 1.65. The third-order valence-corrected chi connectivity index (χ3v) is 3.48. The predicted octanol–water partition coefficient (Wildman–Crippen LogP) is 0.604. The van der Waals surface area contributed by atoms with Crippen molar-refractivity contribution in [1.82, 2.24) is 15.1 Å². The molecule has 0 radical (unpaired) electrons. The Bertz CT molecular complexity index is 521. The van der Waals surface area contributed by atoms with Gasteiger partial charge in [-0.1, -0.05) is 13.8 Å². The zero-order valence-corrected chi connectivity index (χ0v) is 12.0. The molecule has 0 aromatic carbocycles. The topological polar surface area (TPSA) is 67.2 Å². The molecule has 19 heavy (non-hydrogen) atoms. The maximum Gasteiger partial charge on any atom is 0.250 e. The molecule has 1 aliphatic heterocycles. The van der Waals surface area contributed by atoms with E-state index in [-0.39, 0.29) is 17.7 Å². The molecular weight excluding hydrogens is 244 g/mol. The molecule has 2 rings (SSSR count). The standard InChI is InChI=1S/C13H20N4O2/c1-7(2)11-13(19)17(9(4)12(18)14-11)10-6-16(5)15-8(10)3/h6-7,9,11H,1-5H3,(H,14,18). The SMILES string of the molecule is Cc1nn(C)cc1N1C(=O)C(C(C)C)NC(=O)C1C. The molecule has 0 spiro atoms. The van der Waals surface area contributed by atoms with Crippen LogP contribution in [0.25, 0.3) is 0 Å². The Morgan fingerprint density at radius 3 is 2.47 bits per heavy atom. The fourth-order valence-corrected chi connectivity index (χ4v) is 2.40. The normalized spacial score (nSPS) is 24.0. The molecular formula is C13H20N4O2. The van der Waals surface area contributed by atoms with Crippen LogP contribution < -0.4 is 10.2 Å². The molecule has 6 heteroatoms. The number of hydrogen-bond donors (Lipinski definition) is 1. The third kappa shape index (κ3) is 2.22. The lowest BCUT2D eigenvalue weighted by Crippen LogP contribution is -2.64. The zero-order chi connectivity index (χ0) is 14.3. The Hall–Kier alpha value is -1.85. The molecule has 0 saturated carbocycles. The molecule has 1 aliphatic rings. The van der Waals surface area contributed by atoms with Crippen molar-refractivity contribution < 1.29 is 9.59 Å². The molecule has 0 aliphatic carbocycles. The van der Waals surface area contributed by atoms with Gasteiger partial charge < -0.3 is 5.32 Å². The van der Waals surface area contributed by atoms with Gasteiger partial charge in [-0.15, -0.1) is 0 Å². The highest BCUT2D eigenvalue weighted by molar-refractivity contribution is 6.08. The number of rotatable bonds is 2. The first-order valence-corrected chi connectivity index (χ1v) is 6.46. The van der Waals surface area contributed by atoms with E-state index in [1.54, 1.807) is 29.7 Å². The van der Waals surface area contributed by atoms with Gasteiger partial charge in [0, 0.05) is 13.2 Å². The molecule has 1 saturated heterocycles. The minimum Gasteiger partial charge on any atom is -0.342 e. The van der Waals surface area contributed by atoms with Crippen LogP contribution in [0.1, 0.15) is 26.5 Å². The van der Waals surface area contributed by atoms with Gasteiger partial charge in [-0.25, -0.2) is 0 Å². The van der Waals surface area contributed by atoms with E-state index in [0.29, 0.717) is 5.69 Å². The molecule has 2 amide bonds. The summed E-state index contributed by atoms with van der Waals surface area (Å²) in [6.07, 6.45) is 1.78. The number of carbonyl (C=O) groups is 2. The van der Waals surface area contributed by atoms with E-state index in [1.165, 1.54) is 0 Å². The first-order valence-electron chi connectivity index (χ1n) is 6.46. The van der Waals surface area contributed by atoms with Gasteiger partial charge in [-0.3, -0.25) is 19.2 Å². The second kappa shape index (κ2) is 4.68. The maximum atomic E-state index is 12.6. The summed E-state index contributed by atoms with van der Waals surface area (Å²) in [6.45, 7) is 7.42. The summed E-state index contributed by atoms with van der Waals surface area (Å²) in [5.74, 6) is -0.136. The number of hydrogen-bond acceptors (Lipinski definition) is 3. The van der Waals surface area contributed by atoms with E-state index in [1.807, 2.05) is 20.8 Å². The molecule has 1 fully saturated rings. The summed E-state index contributed by atoms with van der Waals surface area (Å²) in [5.41, 5.74) is 1.46. The third-order valence-electron chi connectivity index (χ3n) is 3.48. The van der Waals surface area contributed by atoms with E-state index < -0.39 is 12.1 Å². The van der Waals surface area contributed by atoms with Crippen molar-refractivity contribution in [1.29, 1.82) is 0 Å². The van der Waals surface area contributed by atoms with Gasteiger partial charge >= 0.3 is 0 Å².